The van der Waals surface area contributed by atoms with E-state index in [0.717, 1.165) is 98.3 Å². The zero-order valence-electron chi connectivity index (χ0n) is 66.7. The molecule has 2 fully saturated rings. The summed E-state index contributed by atoms with van der Waals surface area (Å²) in [7, 11) is 0. The van der Waals surface area contributed by atoms with Crippen LogP contribution in [0.3, 0.4) is 0 Å². The molecule has 3 aromatic carbocycles. The number of Topliss-reactive ketones (excluding diaryl/α,β-unsaturated/α-hetero) is 1. The minimum atomic E-state index is -4.28. The molecule has 7 aromatic rings. The molecule has 0 atom stereocenters. The number of aromatic nitrogens is 6. The Bertz CT molecular complexity index is 3730. The molecule has 6 heterocycles. The van der Waals surface area contributed by atoms with E-state index in [0.29, 0.717) is 78.3 Å². The highest BCUT2D eigenvalue weighted by Crippen LogP contribution is 2.33. The van der Waals surface area contributed by atoms with Crippen LogP contribution in [-0.4, -0.2) is 144 Å². The summed E-state index contributed by atoms with van der Waals surface area (Å²) in [6.45, 7) is 36.1. The van der Waals surface area contributed by atoms with E-state index in [1.807, 2.05) is 116 Å². The lowest BCUT2D eigenvalue weighted by Crippen LogP contribution is -2.51. The van der Waals surface area contributed by atoms with E-state index in [1.54, 1.807) is 73.9 Å². The fraction of sp³-hybridized carbons (Fsp3) is 0.558. The molecule has 2 aliphatic heterocycles. The second kappa shape index (κ2) is 46.5. The number of nitrogens with one attached hydrogen (secondary N) is 2. The molecule has 21 nitrogen and oxygen atoms in total. The van der Waals surface area contributed by atoms with E-state index in [9.17, 15) is 53.9 Å². The van der Waals surface area contributed by atoms with E-state index in [-0.39, 0.29) is 48.8 Å². The maximum Gasteiger partial charge on any atom is 0.414 e. The fourth-order valence-corrected chi connectivity index (χ4v) is 8.81. The number of hydrogen-bond acceptors (Lipinski definition) is 17. The van der Waals surface area contributed by atoms with Gasteiger partial charge in [0.05, 0.1) is 17.9 Å². The van der Waals surface area contributed by atoms with Crippen molar-refractivity contribution in [3.8, 4) is 0 Å². The van der Waals surface area contributed by atoms with Gasteiger partial charge >= 0.3 is 30.7 Å². The van der Waals surface area contributed by atoms with Gasteiger partial charge in [0, 0.05) is 101 Å². The Labute approximate surface area is 659 Å². The summed E-state index contributed by atoms with van der Waals surface area (Å²) in [6, 6.07) is 32.8. The summed E-state index contributed by atoms with van der Waals surface area (Å²) in [5, 5.41) is 14.9. The Hall–Kier alpha value is -7.42. The molecule has 0 spiro atoms. The van der Waals surface area contributed by atoms with Gasteiger partial charge in [0.1, 0.15) is 39.4 Å². The Kier molecular flexibility index (Phi) is 43.4. The van der Waals surface area contributed by atoms with Gasteiger partial charge in [-0.2, -0.15) is 44.6 Å². The van der Waals surface area contributed by atoms with Crippen LogP contribution in [0.1, 0.15) is 174 Å². The third-order valence-corrected chi connectivity index (χ3v) is 15.0. The SMILES string of the molecule is CC(C)(C)Nc1cc(N(CC2CCOCC2)C(=O)OC(C)(C)C)c2nccn2n1.CC(C)(C)OC(=O)N(CC1CCOCC1)c1cc(Cl)nn2ccnc12.CC(C)(N)C(F)(F)F.CC(C)(N)C(F)(F)F.CC(C)(NCc1ccccc1)C(F)(F)F.CC(C)=NCc1ccccc1.CC(C)=O.Cl.Cl.NCc1ccccc1. The number of halogens is 12. The number of rotatable bonds is 13. The summed E-state index contributed by atoms with van der Waals surface area (Å²) in [5.74, 6) is 1.53. The van der Waals surface area contributed by atoms with Gasteiger partial charge in [-0.05, 0) is 186 Å². The van der Waals surface area contributed by atoms with Gasteiger partial charge in [0.25, 0.3) is 0 Å². The highest BCUT2D eigenvalue weighted by molar-refractivity contribution is 6.29. The van der Waals surface area contributed by atoms with Crippen LogP contribution in [0.25, 0.3) is 11.3 Å². The Morgan fingerprint density at radius 1 is 0.555 bits per heavy atom. The number of fused-ring (bicyclic) bond motifs is 2. The predicted molar refractivity (Wildman–Crippen MR) is 425 cm³/mol. The quantitative estimate of drug-likeness (QED) is 0.0530. The third-order valence-electron chi connectivity index (χ3n) is 14.8. The van der Waals surface area contributed by atoms with Gasteiger partial charge in [-0.3, -0.25) is 20.1 Å². The first kappa shape index (κ1) is 103. The third kappa shape index (κ3) is 41.2. The predicted octanol–water partition coefficient (Wildman–Crippen LogP) is 18.6. The molecule has 2 aliphatic rings. The first-order valence-electron chi connectivity index (χ1n) is 35.2. The molecule has 0 radical (unpaired) electrons. The van der Waals surface area contributed by atoms with E-state index < -0.39 is 52.4 Å². The van der Waals surface area contributed by atoms with Crippen molar-refractivity contribution in [2.75, 3.05) is 54.6 Å². The van der Waals surface area contributed by atoms with Crippen LogP contribution in [0.2, 0.25) is 5.15 Å². The smallest absolute Gasteiger partial charge is 0.414 e. The molecule has 0 unspecified atom stereocenters. The van der Waals surface area contributed by atoms with Gasteiger partial charge in [0.2, 0.25) is 0 Å². The monoisotopic (exact) mass is 1620 g/mol. The number of aliphatic imine (C=N–C) groups is 1. The topological polar surface area (TPSA) is 269 Å². The minimum absolute atomic E-state index is 0. The molecule has 110 heavy (non-hydrogen) atoms. The van der Waals surface area contributed by atoms with Crippen LogP contribution in [-0.2, 0) is 43.4 Å². The van der Waals surface area contributed by atoms with Crippen molar-refractivity contribution < 1.29 is 72.8 Å². The number of hydrogen-bond donors (Lipinski definition) is 5. The van der Waals surface area contributed by atoms with Crippen LogP contribution in [0.5, 0.6) is 0 Å². The van der Waals surface area contributed by atoms with E-state index in [1.165, 1.54) is 25.0 Å². The highest BCUT2D eigenvalue weighted by atomic mass is 35.5. The molecule has 0 aliphatic carbocycles. The van der Waals surface area contributed by atoms with Crippen LogP contribution < -0.4 is 37.6 Å². The summed E-state index contributed by atoms with van der Waals surface area (Å²) >= 11 is 6.15. The van der Waals surface area contributed by atoms with Crippen LogP contribution in [0.4, 0.5) is 66.3 Å². The minimum Gasteiger partial charge on any atom is -0.443 e. The number of benzene rings is 3. The molecule has 0 saturated carbocycles. The second-order valence-electron chi connectivity index (χ2n) is 30.6. The largest absolute Gasteiger partial charge is 0.443 e. The van der Waals surface area contributed by atoms with Gasteiger partial charge in [0.15, 0.2) is 16.4 Å². The first-order valence-corrected chi connectivity index (χ1v) is 35.6. The van der Waals surface area contributed by atoms with Crippen LogP contribution in [0.15, 0.2) is 133 Å². The number of ketones is 1. The average molecular weight is 1630 g/mol. The first-order chi connectivity index (χ1) is 49.6. The number of nitrogens with zero attached hydrogens (tertiary/aromatic N) is 9. The van der Waals surface area contributed by atoms with Crippen molar-refractivity contribution in [1.82, 2.24) is 34.5 Å². The Balaban J connectivity index is 0.00000132. The van der Waals surface area contributed by atoms with Crippen molar-refractivity contribution in [2.24, 2.45) is 34.0 Å². The fourth-order valence-electron chi connectivity index (χ4n) is 8.63. The van der Waals surface area contributed by atoms with E-state index >= 15 is 0 Å². The zero-order chi connectivity index (χ0) is 82.3. The second-order valence-corrected chi connectivity index (χ2v) is 31.0. The van der Waals surface area contributed by atoms with Crippen LogP contribution >= 0.6 is 36.4 Å². The summed E-state index contributed by atoms with van der Waals surface area (Å²) in [6.07, 6.45) is -3.13. The lowest BCUT2D eigenvalue weighted by atomic mass is 9.99. The number of nitrogens with two attached hydrogens (primary N) is 3. The van der Waals surface area contributed by atoms with Gasteiger partial charge in [-0.25, -0.2) is 28.6 Å². The molecular formula is C77H116Cl3F9N14O7. The maximum absolute atomic E-state index is 13.2. The summed E-state index contributed by atoms with van der Waals surface area (Å²) in [5.41, 5.74) is 14.3. The molecule has 9 rings (SSSR count). The average Bonchev–Trinajstić information content (AvgIpc) is 1.55. The number of carbonyl (C=O) groups excluding carboxylic acids is 3. The Morgan fingerprint density at radius 3 is 1.22 bits per heavy atom. The summed E-state index contributed by atoms with van der Waals surface area (Å²) < 4.78 is 132. The van der Waals surface area contributed by atoms with Crippen molar-refractivity contribution in [1.29, 1.82) is 0 Å². The summed E-state index contributed by atoms with van der Waals surface area (Å²) in [4.78, 5) is 51.9. The number of carbonyl (C=O) groups is 3. The van der Waals surface area contributed by atoms with Gasteiger partial charge < -0.3 is 46.3 Å². The van der Waals surface area contributed by atoms with E-state index in [4.69, 9.17) is 36.3 Å². The number of alkyl halides is 9. The lowest BCUT2D eigenvalue weighted by molar-refractivity contribution is -0.186. The number of imidazole rings is 2. The zero-order valence-corrected chi connectivity index (χ0v) is 69.1. The number of ether oxygens (including phenoxy) is 4. The lowest BCUT2D eigenvalue weighted by Gasteiger charge is -2.32. The van der Waals surface area contributed by atoms with Gasteiger partial charge in [-0.15, -0.1) is 29.9 Å². The Morgan fingerprint density at radius 2 is 0.900 bits per heavy atom. The molecule has 620 valence electrons. The molecular weight excluding hydrogens is 1510 g/mol. The molecule has 0 bridgehead atoms. The molecule has 2 saturated heterocycles. The number of anilines is 3. The molecule has 33 heteroatoms. The van der Waals surface area contributed by atoms with Crippen molar-refractivity contribution >= 4 is 88.6 Å². The van der Waals surface area contributed by atoms with Gasteiger partial charge in [-0.1, -0.05) is 103 Å². The normalized spacial score (nSPS) is 13.6. The molecule has 4 aromatic heterocycles. The maximum atomic E-state index is 13.2. The highest BCUT2D eigenvalue weighted by Gasteiger charge is 2.47. The standard InChI is InChI=1S/C21H33N5O3.C17H23ClN4O3.C11H14F3N.C10H13N.C7H9N.2C4H8F3N.C3H6O.2ClH/c1-20(2,3)23-17-13-16(18-22-9-10-26(18)24-17)25(19(27)29-21(4,5)6)14-15-7-11-28-12-8-15;1-17(2,3)25-16(23)21(11-12-4-8-24-9-5-12)13-10-14(18)20-22-7-6-19-15(13)22;1-10(2,11(12,13)14)15-8-9-6-4-3-5-7-9;1-9(2)11-8-10-6-4-3-5-7-10;8-6-7-4-2-1-3-5-7;2*1-3(2,8)4(5,6)7;1-3(2)4;;/h9-10,13,15H,7-8,11-12,14H2,1-6H3,(H,23,24);6-7,10,12H,4-5,8-9,11H2,1-3H3;3-7,15H,8H2,1-2H3;3-7H,8H2,1-2H3;1-5H,6,8H2;2*8H2,1-2H3;1-2H3;2*1H. The van der Waals surface area contributed by atoms with Crippen LogP contribution in [0, 0.1) is 11.8 Å². The van der Waals surface area contributed by atoms with Crippen molar-refractivity contribution in [3.63, 3.8) is 0 Å². The van der Waals surface area contributed by atoms with E-state index in [2.05, 4.69) is 80.2 Å². The molecule has 2 amide bonds. The van der Waals surface area contributed by atoms with Crippen molar-refractivity contribution in [2.45, 2.75) is 229 Å². The molecule has 8 N–H and O–H groups in total. The van der Waals surface area contributed by atoms with Crippen molar-refractivity contribution in [3.05, 3.63) is 150 Å². The number of amides is 2.